The summed E-state index contributed by atoms with van der Waals surface area (Å²) in [4.78, 5) is 12.9. The van der Waals surface area contributed by atoms with Gasteiger partial charge in [-0.05, 0) is 26.2 Å². The predicted molar refractivity (Wildman–Crippen MR) is 68.9 cm³/mol. The van der Waals surface area contributed by atoms with Crippen molar-refractivity contribution < 1.29 is 21.9 Å². The molecular formula is C12H21ClN4O2. The number of ether oxygens (including phenoxy) is 2. The maximum Gasteiger partial charge on any atom is 0.338 e. The first-order valence-electron chi connectivity index (χ1n) is 6.45. The highest BCUT2D eigenvalue weighted by atomic mass is 35.5. The van der Waals surface area contributed by atoms with E-state index in [2.05, 4.69) is 21.9 Å². The zero-order valence-electron chi connectivity index (χ0n) is 11.7. The molecule has 0 bridgehead atoms. The summed E-state index contributed by atoms with van der Waals surface area (Å²) >= 11 is 0. The second kappa shape index (κ2) is 6.86. The van der Waals surface area contributed by atoms with Crippen molar-refractivity contribution in [2.24, 2.45) is 0 Å². The quantitative estimate of drug-likeness (QED) is 0.625. The van der Waals surface area contributed by atoms with Gasteiger partial charge in [0.15, 0.2) is 0 Å². The van der Waals surface area contributed by atoms with Crippen molar-refractivity contribution in [3.05, 3.63) is 0 Å². The van der Waals surface area contributed by atoms with Gasteiger partial charge in [-0.1, -0.05) is 0 Å². The molecular weight excluding hydrogens is 268 g/mol. The maximum absolute atomic E-state index is 5.13. The Bertz CT molecular complexity index is 388. The van der Waals surface area contributed by atoms with E-state index in [4.69, 9.17) is 9.47 Å². The Morgan fingerprint density at radius 3 is 1.89 bits per heavy atom. The smallest absolute Gasteiger partial charge is 0.338 e. The number of hydrogen-bond acceptors (Lipinski definition) is 5. The lowest BCUT2D eigenvalue weighted by Crippen LogP contribution is -3.00. The average molecular weight is 289 g/mol. The number of aromatic nitrogens is 3. The average Bonchev–Trinajstić information content (AvgIpc) is 2.47. The predicted octanol–water partition coefficient (Wildman–Crippen LogP) is -1.60. The monoisotopic (exact) mass is 288 g/mol. The Hall–Kier alpha value is -1.14. The molecule has 0 spiro atoms. The van der Waals surface area contributed by atoms with Crippen LogP contribution >= 0.6 is 0 Å². The minimum Gasteiger partial charge on any atom is -1.00 e. The molecule has 0 radical (unpaired) electrons. The number of hydrogen-bond donors (Lipinski definition) is 0. The van der Waals surface area contributed by atoms with E-state index in [1.807, 2.05) is 0 Å². The van der Waals surface area contributed by atoms with Crippen LogP contribution in [0.5, 0.6) is 12.0 Å². The van der Waals surface area contributed by atoms with E-state index in [-0.39, 0.29) is 12.4 Å². The second-order valence-corrected chi connectivity index (χ2v) is 4.58. The lowest BCUT2D eigenvalue weighted by atomic mass is 10.1. The number of rotatable bonds is 4. The minimum absolute atomic E-state index is 0. The molecule has 2 rings (SSSR count). The molecule has 108 valence electrons. The Balaban J connectivity index is 0.00000180. The number of halogens is 1. The summed E-state index contributed by atoms with van der Waals surface area (Å²) in [7, 11) is 3.12. The van der Waals surface area contributed by atoms with Gasteiger partial charge in [0.25, 0.3) is 0 Å². The molecule has 1 aliphatic heterocycles. The molecule has 19 heavy (non-hydrogen) atoms. The van der Waals surface area contributed by atoms with Crippen molar-refractivity contribution >= 4 is 5.95 Å². The number of piperidine rings is 1. The van der Waals surface area contributed by atoms with Crippen molar-refractivity contribution in [3.63, 3.8) is 0 Å². The summed E-state index contributed by atoms with van der Waals surface area (Å²) in [6.45, 7) is 5.31. The summed E-state index contributed by atoms with van der Waals surface area (Å²) in [5.74, 6) is 0.765. The van der Waals surface area contributed by atoms with Gasteiger partial charge >= 0.3 is 18.0 Å². The summed E-state index contributed by atoms with van der Waals surface area (Å²) in [5, 5.41) is 0. The first-order chi connectivity index (χ1) is 8.74. The molecule has 1 aromatic rings. The largest absolute Gasteiger partial charge is 1.00 e. The third-order valence-electron chi connectivity index (χ3n) is 3.65. The van der Waals surface area contributed by atoms with E-state index >= 15 is 0 Å². The van der Waals surface area contributed by atoms with Crippen LogP contribution in [0.25, 0.3) is 0 Å². The molecule has 0 atom stereocenters. The Morgan fingerprint density at radius 1 is 0.947 bits per heavy atom. The van der Waals surface area contributed by atoms with Crippen LogP contribution in [-0.2, 0) is 0 Å². The van der Waals surface area contributed by atoms with Crippen LogP contribution in [0.15, 0.2) is 0 Å². The standard InChI is InChI=1S/C12H21N4O2.ClH/c1-4-16(8-6-5-7-9-16)10-13-11(17-2)15-12(14-10)18-3;/h4-9H2,1-3H3;1H/q+1;/p-1. The van der Waals surface area contributed by atoms with Gasteiger partial charge in [-0.25, -0.2) is 0 Å². The van der Waals surface area contributed by atoms with Gasteiger partial charge in [0.05, 0.1) is 33.9 Å². The zero-order valence-corrected chi connectivity index (χ0v) is 12.5. The van der Waals surface area contributed by atoms with E-state index < -0.39 is 0 Å². The third kappa shape index (κ3) is 3.25. The van der Waals surface area contributed by atoms with E-state index in [0.717, 1.165) is 30.1 Å². The Morgan fingerprint density at radius 2 is 1.47 bits per heavy atom. The van der Waals surface area contributed by atoms with Gasteiger partial charge in [0.1, 0.15) is 0 Å². The van der Waals surface area contributed by atoms with Gasteiger partial charge in [-0.3, -0.25) is 4.48 Å². The fourth-order valence-corrected chi connectivity index (χ4v) is 2.50. The Kier molecular flexibility index (Phi) is 5.75. The van der Waals surface area contributed by atoms with Crippen LogP contribution in [0, 0.1) is 0 Å². The van der Waals surface area contributed by atoms with Crippen LogP contribution in [0.3, 0.4) is 0 Å². The summed E-state index contributed by atoms with van der Waals surface area (Å²) in [6, 6.07) is 0.654. The van der Waals surface area contributed by atoms with Crippen LogP contribution in [0.4, 0.5) is 5.95 Å². The van der Waals surface area contributed by atoms with Crippen LogP contribution in [-0.4, -0.2) is 48.8 Å². The zero-order chi connectivity index (χ0) is 13.0. The highest BCUT2D eigenvalue weighted by Crippen LogP contribution is 2.27. The molecule has 0 amide bonds. The van der Waals surface area contributed by atoms with Crippen molar-refractivity contribution in [2.75, 3.05) is 33.9 Å². The van der Waals surface area contributed by atoms with Gasteiger partial charge < -0.3 is 21.9 Å². The molecule has 0 N–H and O–H groups in total. The summed E-state index contributed by atoms with van der Waals surface area (Å²) in [6.07, 6.45) is 3.72. The maximum atomic E-state index is 5.13. The lowest BCUT2D eigenvalue weighted by Gasteiger charge is -2.37. The molecule has 1 fully saturated rings. The van der Waals surface area contributed by atoms with Crippen LogP contribution in [0.1, 0.15) is 26.2 Å². The molecule has 1 aliphatic rings. The molecule has 0 saturated carbocycles. The molecule has 0 aromatic carbocycles. The van der Waals surface area contributed by atoms with E-state index in [0.29, 0.717) is 12.0 Å². The third-order valence-corrected chi connectivity index (χ3v) is 3.65. The topological polar surface area (TPSA) is 57.1 Å². The first-order valence-corrected chi connectivity index (χ1v) is 6.45. The van der Waals surface area contributed by atoms with E-state index in [9.17, 15) is 0 Å². The minimum atomic E-state index is 0. The molecule has 0 unspecified atom stereocenters. The number of methoxy groups -OCH3 is 2. The van der Waals surface area contributed by atoms with Gasteiger partial charge in [0.2, 0.25) is 0 Å². The molecule has 2 heterocycles. The van der Waals surface area contributed by atoms with Crippen molar-refractivity contribution in [1.82, 2.24) is 19.4 Å². The van der Waals surface area contributed by atoms with Crippen molar-refractivity contribution in [1.29, 1.82) is 0 Å². The highest BCUT2D eigenvalue weighted by Gasteiger charge is 2.35. The molecule has 1 aromatic heterocycles. The fourth-order valence-electron chi connectivity index (χ4n) is 2.50. The number of nitrogens with zero attached hydrogens (tertiary/aromatic N) is 4. The highest BCUT2D eigenvalue weighted by molar-refractivity contribution is 5.28. The van der Waals surface area contributed by atoms with Gasteiger partial charge in [-0.15, -0.1) is 15.0 Å². The van der Waals surface area contributed by atoms with E-state index in [1.165, 1.54) is 19.3 Å². The molecule has 1 saturated heterocycles. The Labute approximate surface area is 120 Å². The SMILES string of the molecule is CC[N+]1(c2nc(OC)nc(OC)n2)CCCCC1.[Cl-]. The normalized spacial score (nSPS) is 17.4. The second-order valence-electron chi connectivity index (χ2n) is 4.58. The van der Waals surface area contributed by atoms with Crippen molar-refractivity contribution in [2.45, 2.75) is 26.2 Å². The summed E-state index contributed by atoms with van der Waals surface area (Å²) < 4.78 is 11.1. The molecule has 0 aliphatic carbocycles. The molecule has 7 heteroatoms. The molecule has 6 nitrogen and oxygen atoms in total. The van der Waals surface area contributed by atoms with Crippen LogP contribution < -0.4 is 26.4 Å². The van der Waals surface area contributed by atoms with E-state index in [1.54, 1.807) is 14.2 Å². The van der Waals surface area contributed by atoms with Crippen molar-refractivity contribution in [3.8, 4) is 12.0 Å². The first kappa shape index (κ1) is 15.9. The van der Waals surface area contributed by atoms with Gasteiger partial charge in [-0.2, -0.15) is 0 Å². The number of likely N-dealkylation sites (tertiary alicyclic amines) is 1. The summed E-state index contributed by atoms with van der Waals surface area (Å²) in [5.41, 5.74) is 0. The number of quaternary nitrogens is 1. The van der Waals surface area contributed by atoms with Gasteiger partial charge in [0, 0.05) is 0 Å². The lowest BCUT2D eigenvalue weighted by molar-refractivity contribution is -0.00000516. The fraction of sp³-hybridized carbons (Fsp3) is 0.750. The van der Waals surface area contributed by atoms with Crippen LogP contribution in [0.2, 0.25) is 0 Å².